The molecule has 0 aliphatic heterocycles. The van der Waals surface area contributed by atoms with Crippen LogP contribution in [0.1, 0.15) is 37.7 Å². The molecule has 1 aliphatic carbocycles. The highest BCUT2D eigenvalue weighted by Gasteiger charge is 2.26. The summed E-state index contributed by atoms with van der Waals surface area (Å²) in [6, 6.07) is 17.0. The van der Waals surface area contributed by atoms with Gasteiger partial charge in [0.2, 0.25) is 5.78 Å². The fraction of sp³-hybridized carbons (Fsp3) is 0.136. The van der Waals surface area contributed by atoms with Gasteiger partial charge in [-0.2, -0.15) is 0 Å². The lowest BCUT2D eigenvalue weighted by molar-refractivity contribution is 0.0600. The lowest BCUT2D eigenvalue weighted by atomic mass is 9.94. The summed E-state index contributed by atoms with van der Waals surface area (Å²) in [6.45, 7) is 0. The van der Waals surface area contributed by atoms with Crippen LogP contribution >= 0.6 is 11.3 Å². The standard InChI is InChI=1S/C22H17NO3S/c1-26-22(25)16-9-7-14(8-10-16)13-17-11-12-18-20(19(17)24)27-21(23-18)15-5-3-2-4-6-15/h2-10,13H,11-12H2,1H3/b17-13+. The number of aryl methyl sites for hydroxylation is 1. The number of ether oxygens (including phenoxy) is 1. The van der Waals surface area contributed by atoms with Crippen molar-refractivity contribution in [3.8, 4) is 10.6 Å². The maximum Gasteiger partial charge on any atom is 0.337 e. The van der Waals surface area contributed by atoms with Crippen molar-refractivity contribution in [2.75, 3.05) is 7.11 Å². The van der Waals surface area contributed by atoms with Crippen molar-refractivity contribution in [1.82, 2.24) is 4.98 Å². The number of carbonyl (C=O) groups is 2. The number of nitrogens with zero attached hydrogens (tertiary/aromatic N) is 1. The third kappa shape index (κ3) is 3.46. The van der Waals surface area contributed by atoms with Gasteiger partial charge in [-0.3, -0.25) is 4.79 Å². The number of ketones is 1. The fourth-order valence-electron chi connectivity index (χ4n) is 3.09. The lowest BCUT2D eigenvalue weighted by Gasteiger charge is -2.12. The van der Waals surface area contributed by atoms with Crippen molar-refractivity contribution >= 4 is 29.2 Å². The normalized spacial score (nSPS) is 14.9. The van der Waals surface area contributed by atoms with E-state index < -0.39 is 0 Å². The quantitative estimate of drug-likeness (QED) is 0.487. The van der Waals surface area contributed by atoms with E-state index in [9.17, 15) is 9.59 Å². The largest absolute Gasteiger partial charge is 0.465 e. The summed E-state index contributed by atoms with van der Waals surface area (Å²) in [5, 5.41) is 0.887. The zero-order valence-electron chi connectivity index (χ0n) is 14.8. The molecule has 0 atom stereocenters. The van der Waals surface area contributed by atoms with Gasteiger partial charge in [-0.1, -0.05) is 42.5 Å². The highest BCUT2D eigenvalue weighted by molar-refractivity contribution is 7.17. The van der Waals surface area contributed by atoms with Crippen LogP contribution in [0, 0.1) is 0 Å². The van der Waals surface area contributed by atoms with Crippen LogP contribution in [0.2, 0.25) is 0 Å². The Kier molecular flexibility index (Phi) is 4.69. The molecule has 5 heteroatoms. The minimum absolute atomic E-state index is 0.0491. The number of rotatable bonds is 3. The minimum Gasteiger partial charge on any atom is -0.465 e. The third-order valence-corrected chi connectivity index (χ3v) is 5.67. The van der Waals surface area contributed by atoms with Crippen molar-refractivity contribution < 1.29 is 14.3 Å². The summed E-state index contributed by atoms with van der Waals surface area (Å²) < 4.78 is 4.71. The summed E-state index contributed by atoms with van der Waals surface area (Å²) in [5.41, 5.74) is 4.08. The van der Waals surface area contributed by atoms with E-state index in [1.807, 2.05) is 48.5 Å². The Morgan fingerprint density at radius 2 is 1.81 bits per heavy atom. The predicted molar refractivity (Wildman–Crippen MR) is 106 cm³/mol. The highest BCUT2D eigenvalue weighted by atomic mass is 32.1. The molecule has 1 aliphatic rings. The summed E-state index contributed by atoms with van der Waals surface area (Å²) in [6.07, 6.45) is 3.33. The van der Waals surface area contributed by atoms with E-state index in [2.05, 4.69) is 4.98 Å². The molecule has 0 saturated carbocycles. The van der Waals surface area contributed by atoms with Gasteiger partial charge < -0.3 is 4.74 Å². The van der Waals surface area contributed by atoms with Gasteiger partial charge in [0.1, 0.15) is 5.01 Å². The average Bonchev–Trinajstić information content (AvgIpc) is 3.16. The van der Waals surface area contributed by atoms with E-state index in [0.717, 1.165) is 38.7 Å². The Morgan fingerprint density at radius 3 is 2.52 bits per heavy atom. The SMILES string of the molecule is COC(=O)c1ccc(/C=C2\CCc3nc(-c4ccccc4)sc3C2=O)cc1. The molecule has 2 aromatic carbocycles. The second-order valence-corrected chi connectivity index (χ2v) is 7.27. The van der Waals surface area contributed by atoms with Crippen LogP contribution in [0.4, 0.5) is 0 Å². The number of aromatic nitrogens is 1. The van der Waals surface area contributed by atoms with Gasteiger partial charge in [0, 0.05) is 11.1 Å². The van der Waals surface area contributed by atoms with Gasteiger partial charge in [0.25, 0.3) is 0 Å². The van der Waals surface area contributed by atoms with E-state index in [-0.39, 0.29) is 11.8 Å². The van der Waals surface area contributed by atoms with Crippen molar-refractivity contribution in [3.63, 3.8) is 0 Å². The molecule has 0 unspecified atom stereocenters. The number of thiazole rings is 1. The van der Waals surface area contributed by atoms with Crippen LogP contribution in [0.25, 0.3) is 16.6 Å². The number of hydrogen-bond donors (Lipinski definition) is 0. The summed E-state index contributed by atoms with van der Waals surface area (Å²) in [4.78, 5) is 29.8. The molecule has 27 heavy (non-hydrogen) atoms. The number of Topliss-reactive ketones (excluding diaryl/α,β-unsaturated/α-hetero) is 1. The summed E-state index contributed by atoms with van der Waals surface area (Å²) in [5.74, 6) is -0.321. The molecule has 0 saturated heterocycles. The number of benzene rings is 2. The molecule has 134 valence electrons. The number of carbonyl (C=O) groups excluding carboxylic acids is 2. The first-order valence-electron chi connectivity index (χ1n) is 8.64. The number of allylic oxidation sites excluding steroid dienone is 1. The van der Waals surface area contributed by atoms with Crippen molar-refractivity contribution in [3.05, 3.63) is 81.9 Å². The first-order chi connectivity index (χ1) is 13.2. The molecule has 0 amide bonds. The second-order valence-electron chi connectivity index (χ2n) is 6.27. The van der Waals surface area contributed by atoms with Crippen LogP contribution in [0.5, 0.6) is 0 Å². The first kappa shape index (κ1) is 17.4. The lowest BCUT2D eigenvalue weighted by Crippen LogP contribution is -2.12. The molecular weight excluding hydrogens is 358 g/mol. The minimum atomic E-state index is -0.370. The van der Waals surface area contributed by atoms with Crippen LogP contribution in [-0.2, 0) is 11.2 Å². The smallest absolute Gasteiger partial charge is 0.337 e. The Morgan fingerprint density at radius 1 is 1.07 bits per heavy atom. The predicted octanol–water partition coefficient (Wildman–Crippen LogP) is 4.81. The molecule has 0 N–H and O–H groups in total. The van der Waals surface area contributed by atoms with Crippen LogP contribution in [0.15, 0.2) is 60.2 Å². The molecule has 0 radical (unpaired) electrons. The number of methoxy groups -OCH3 is 1. The van der Waals surface area contributed by atoms with E-state index in [4.69, 9.17) is 4.74 Å². The molecule has 4 nitrogen and oxygen atoms in total. The van der Waals surface area contributed by atoms with Gasteiger partial charge in [0.15, 0.2) is 0 Å². The zero-order chi connectivity index (χ0) is 18.8. The topological polar surface area (TPSA) is 56.3 Å². The Bertz CT molecular complexity index is 1030. The van der Waals surface area contributed by atoms with E-state index in [0.29, 0.717) is 12.0 Å². The molecule has 1 heterocycles. The van der Waals surface area contributed by atoms with Crippen molar-refractivity contribution in [1.29, 1.82) is 0 Å². The summed E-state index contributed by atoms with van der Waals surface area (Å²) in [7, 11) is 1.36. The first-order valence-corrected chi connectivity index (χ1v) is 9.46. The molecule has 1 aromatic heterocycles. The van der Waals surface area contributed by atoms with Crippen LogP contribution in [-0.4, -0.2) is 23.8 Å². The van der Waals surface area contributed by atoms with E-state index >= 15 is 0 Å². The molecular formula is C22H17NO3S. The second kappa shape index (κ2) is 7.29. The van der Waals surface area contributed by atoms with Crippen molar-refractivity contribution in [2.24, 2.45) is 0 Å². The van der Waals surface area contributed by atoms with E-state index in [1.54, 1.807) is 12.1 Å². The van der Waals surface area contributed by atoms with Crippen molar-refractivity contribution in [2.45, 2.75) is 12.8 Å². The monoisotopic (exact) mass is 375 g/mol. The maximum absolute atomic E-state index is 12.9. The van der Waals surface area contributed by atoms with E-state index in [1.165, 1.54) is 18.4 Å². The van der Waals surface area contributed by atoms with Gasteiger partial charge in [-0.15, -0.1) is 11.3 Å². The maximum atomic E-state index is 12.9. The van der Waals surface area contributed by atoms with Gasteiger partial charge in [-0.25, -0.2) is 9.78 Å². The molecule has 4 rings (SSSR count). The number of fused-ring (bicyclic) bond motifs is 1. The van der Waals surface area contributed by atoms with Gasteiger partial charge in [0.05, 0.1) is 23.2 Å². The zero-order valence-corrected chi connectivity index (χ0v) is 15.6. The molecule has 0 bridgehead atoms. The molecule has 0 fully saturated rings. The Labute approximate surface area is 161 Å². The Hall–Kier alpha value is -3.05. The Balaban J connectivity index is 1.61. The average molecular weight is 375 g/mol. The molecule has 3 aromatic rings. The van der Waals surface area contributed by atoms with Gasteiger partial charge in [-0.05, 0) is 36.6 Å². The highest BCUT2D eigenvalue weighted by Crippen LogP contribution is 2.34. The number of hydrogen-bond acceptors (Lipinski definition) is 5. The third-order valence-electron chi connectivity index (χ3n) is 4.52. The van der Waals surface area contributed by atoms with Gasteiger partial charge >= 0.3 is 5.97 Å². The van der Waals surface area contributed by atoms with Crippen LogP contribution in [0.3, 0.4) is 0 Å². The van der Waals surface area contributed by atoms with Crippen LogP contribution < -0.4 is 0 Å². The number of esters is 1. The summed E-state index contributed by atoms with van der Waals surface area (Å²) >= 11 is 1.46. The molecule has 0 spiro atoms. The fourth-order valence-corrected chi connectivity index (χ4v) is 4.18.